The quantitative estimate of drug-likeness (QED) is 0.858. The fraction of sp³-hybridized carbons (Fsp3) is 0.688. The van der Waals surface area contributed by atoms with E-state index >= 15 is 0 Å². The van der Waals surface area contributed by atoms with Gasteiger partial charge in [-0.1, -0.05) is 13.8 Å². The van der Waals surface area contributed by atoms with E-state index < -0.39 is 5.97 Å². The molecule has 1 aromatic rings. The van der Waals surface area contributed by atoms with Gasteiger partial charge in [0.1, 0.15) is 0 Å². The molecule has 0 aliphatic carbocycles. The fourth-order valence-corrected chi connectivity index (χ4v) is 3.03. The van der Waals surface area contributed by atoms with E-state index in [0.717, 1.165) is 12.2 Å². The lowest BCUT2D eigenvalue weighted by Crippen LogP contribution is -2.37. The maximum atomic E-state index is 12.8. The highest BCUT2D eigenvalue weighted by Crippen LogP contribution is 2.25. The molecule has 1 aliphatic heterocycles. The van der Waals surface area contributed by atoms with Crippen LogP contribution in [0.3, 0.4) is 0 Å². The number of carboxylic acid groups (broad SMARTS) is 1. The predicted octanol–water partition coefficient (Wildman–Crippen LogP) is 1.55. The molecule has 7 heteroatoms. The molecule has 0 unspecified atom stereocenters. The molecule has 23 heavy (non-hydrogen) atoms. The third-order valence-electron chi connectivity index (χ3n) is 4.25. The van der Waals surface area contributed by atoms with Gasteiger partial charge in [0.05, 0.1) is 24.3 Å². The normalized spacial score (nSPS) is 21.2. The van der Waals surface area contributed by atoms with Crippen LogP contribution in [0.2, 0.25) is 0 Å². The van der Waals surface area contributed by atoms with Gasteiger partial charge >= 0.3 is 5.97 Å². The van der Waals surface area contributed by atoms with Crippen molar-refractivity contribution in [3.63, 3.8) is 0 Å². The Balaban J connectivity index is 2.20. The summed E-state index contributed by atoms with van der Waals surface area (Å²) in [5, 5.41) is 13.4. The minimum atomic E-state index is -0.906. The Morgan fingerprint density at radius 2 is 2.17 bits per heavy atom. The van der Waals surface area contributed by atoms with Crippen LogP contribution in [-0.4, -0.2) is 57.5 Å². The van der Waals surface area contributed by atoms with Gasteiger partial charge in [-0.3, -0.25) is 14.3 Å². The van der Waals surface area contributed by atoms with Gasteiger partial charge in [-0.15, -0.1) is 0 Å². The van der Waals surface area contributed by atoms with Crippen molar-refractivity contribution in [2.45, 2.75) is 52.3 Å². The van der Waals surface area contributed by atoms with Crippen molar-refractivity contribution in [1.82, 2.24) is 14.7 Å². The van der Waals surface area contributed by atoms with Crippen LogP contribution in [0.4, 0.5) is 0 Å². The van der Waals surface area contributed by atoms with Crippen LogP contribution < -0.4 is 0 Å². The van der Waals surface area contributed by atoms with Crippen molar-refractivity contribution < 1.29 is 19.4 Å². The Morgan fingerprint density at radius 1 is 1.48 bits per heavy atom. The molecule has 0 saturated carbocycles. The van der Waals surface area contributed by atoms with Gasteiger partial charge in [0, 0.05) is 31.9 Å². The van der Waals surface area contributed by atoms with E-state index in [0.29, 0.717) is 24.4 Å². The van der Waals surface area contributed by atoms with Crippen LogP contribution in [-0.2, 0) is 16.1 Å². The van der Waals surface area contributed by atoms with Crippen molar-refractivity contribution in [3.8, 4) is 0 Å². The topological polar surface area (TPSA) is 84.7 Å². The molecule has 0 radical (unpaired) electrons. The molecule has 1 saturated heterocycles. The molecule has 1 aliphatic rings. The van der Waals surface area contributed by atoms with E-state index in [-0.39, 0.29) is 24.5 Å². The van der Waals surface area contributed by atoms with E-state index in [1.54, 1.807) is 18.2 Å². The number of aliphatic carboxylic acids is 1. The molecule has 1 fully saturated rings. The zero-order valence-electron chi connectivity index (χ0n) is 14.2. The second-order valence-corrected chi connectivity index (χ2v) is 6.52. The Hall–Kier alpha value is -1.89. The zero-order chi connectivity index (χ0) is 17.1. The van der Waals surface area contributed by atoms with Crippen LogP contribution in [0.15, 0.2) is 6.20 Å². The van der Waals surface area contributed by atoms with Gasteiger partial charge in [-0.25, -0.2) is 0 Å². The first-order valence-corrected chi connectivity index (χ1v) is 7.91. The first-order valence-electron chi connectivity index (χ1n) is 7.91. The van der Waals surface area contributed by atoms with Gasteiger partial charge < -0.3 is 14.7 Å². The van der Waals surface area contributed by atoms with Crippen molar-refractivity contribution >= 4 is 11.9 Å². The number of nitrogens with zero attached hydrogens (tertiary/aromatic N) is 3. The zero-order valence-corrected chi connectivity index (χ0v) is 14.2. The number of carbonyl (C=O) groups excluding carboxylic acids is 1. The maximum Gasteiger partial charge on any atom is 0.305 e. The van der Waals surface area contributed by atoms with Crippen LogP contribution >= 0.6 is 0 Å². The summed E-state index contributed by atoms with van der Waals surface area (Å²) in [5.41, 5.74) is 1.36. The fourth-order valence-electron chi connectivity index (χ4n) is 3.03. The predicted molar refractivity (Wildman–Crippen MR) is 84.3 cm³/mol. The van der Waals surface area contributed by atoms with Gasteiger partial charge in [0.25, 0.3) is 5.91 Å². The molecular formula is C16H25N3O4. The number of carboxylic acids is 1. The lowest BCUT2D eigenvalue weighted by Gasteiger charge is -2.23. The largest absolute Gasteiger partial charge is 0.481 e. The number of rotatable bonds is 6. The molecular weight excluding hydrogens is 298 g/mol. The average Bonchev–Trinajstić information content (AvgIpc) is 3.02. The standard InChI is InChI=1S/C16H25N3O4/c1-10(2)8-19-11(3)14(7-17-19)16(22)18-9-13(23-4)5-12(18)6-15(20)21/h7,10,12-13H,5-6,8-9H2,1-4H3,(H,20,21)/t12-,13+/m1/s1. The number of ether oxygens (including phenoxy) is 1. The van der Waals surface area contributed by atoms with Crippen molar-refractivity contribution in [2.75, 3.05) is 13.7 Å². The molecule has 2 atom stereocenters. The summed E-state index contributed by atoms with van der Waals surface area (Å²) in [6.45, 7) is 7.23. The van der Waals surface area contributed by atoms with Crippen LogP contribution in [0.5, 0.6) is 0 Å². The number of carbonyl (C=O) groups is 2. The number of methoxy groups -OCH3 is 1. The first-order chi connectivity index (χ1) is 10.8. The minimum absolute atomic E-state index is 0.0647. The molecule has 128 valence electrons. The second kappa shape index (κ2) is 7.12. The SMILES string of the molecule is CO[C@H]1C[C@H](CC(=O)O)N(C(=O)c2cnn(CC(C)C)c2C)C1. The van der Waals surface area contributed by atoms with Crippen molar-refractivity contribution in [2.24, 2.45) is 5.92 Å². The highest BCUT2D eigenvalue weighted by atomic mass is 16.5. The van der Waals surface area contributed by atoms with Crippen LogP contribution in [0.25, 0.3) is 0 Å². The highest BCUT2D eigenvalue weighted by Gasteiger charge is 2.37. The van der Waals surface area contributed by atoms with E-state index in [2.05, 4.69) is 18.9 Å². The maximum absolute atomic E-state index is 12.8. The Kier molecular flexibility index (Phi) is 5.41. The molecule has 0 bridgehead atoms. The summed E-state index contributed by atoms with van der Waals surface area (Å²) in [6.07, 6.45) is 1.95. The lowest BCUT2D eigenvalue weighted by atomic mass is 10.1. The number of hydrogen-bond donors (Lipinski definition) is 1. The summed E-state index contributed by atoms with van der Waals surface area (Å²) in [4.78, 5) is 25.5. The van der Waals surface area contributed by atoms with E-state index in [9.17, 15) is 9.59 Å². The third-order valence-corrected chi connectivity index (χ3v) is 4.25. The van der Waals surface area contributed by atoms with Gasteiger partial charge in [0.15, 0.2) is 0 Å². The molecule has 7 nitrogen and oxygen atoms in total. The summed E-state index contributed by atoms with van der Waals surface area (Å²) >= 11 is 0. The average molecular weight is 323 g/mol. The lowest BCUT2D eigenvalue weighted by molar-refractivity contribution is -0.137. The molecule has 1 N–H and O–H groups in total. The molecule has 1 amide bonds. The Labute approximate surface area is 136 Å². The molecule has 1 aromatic heterocycles. The number of hydrogen-bond acceptors (Lipinski definition) is 4. The summed E-state index contributed by atoms with van der Waals surface area (Å²) in [5.74, 6) is -0.638. The van der Waals surface area contributed by atoms with Crippen LogP contribution in [0.1, 0.15) is 42.7 Å². The van der Waals surface area contributed by atoms with Crippen molar-refractivity contribution in [3.05, 3.63) is 17.5 Å². The minimum Gasteiger partial charge on any atom is -0.481 e. The first kappa shape index (κ1) is 17.5. The van der Waals surface area contributed by atoms with E-state index in [4.69, 9.17) is 9.84 Å². The summed E-state index contributed by atoms with van der Waals surface area (Å²) < 4.78 is 7.15. The van der Waals surface area contributed by atoms with Crippen molar-refractivity contribution in [1.29, 1.82) is 0 Å². The number of aromatic nitrogens is 2. The number of likely N-dealkylation sites (tertiary alicyclic amines) is 1. The molecule has 0 aromatic carbocycles. The smallest absolute Gasteiger partial charge is 0.305 e. The molecule has 2 heterocycles. The molecule has 2 rings (SSSR count). The van der Waals surface area contributed by atoms with Gasteiger partial charge in [-0.2, -0.15) is 5.10 Å². The monoisotopic (exact) mass is 323 g/mol. The Morgan fingerprint density at radius 3 is 2.74 bits per heavy atom. The summed E-state index contributed by atoms with van der Waals surface area (Å²) in [7, 11) is 1.59. The van der Waals surface area contributed by atoms with E-state index in [1.165, 1.54) is 0 Å². The molecule has 0 spiro atoms. The number of amides is 1. The second-order valence-electron chi connectivity index (χ2n) is 6.52. The van der Waals surface area contributed by atoms with Gasteiger partial charge in [-0.05, 0) is 19.3 Å². The Bertz CT molecular complexity index is 582. The highest BCUT2D eigenvalue weighted by molar-refractivity contribution is 5.95. The van der Waals surface area contributed by atoms with Gasteiger partial charge in [0.2, 0.25) is 0 Å². The third kappa shape index (κ3) is 3.90. The van der Waals surface area contributed by atoms with E-state index in [1.807, 2.05) is 11.6 Å². The summed E-state index contributed by atoms with van der Waals surface area (Å²) in [6, 6.07) is -0.335. The van der Waals surface area contributed by atoms with Crippen LogP contribution in [0, 0.1) is 12.8 Å².